The molecule has 6 heteroatoms. The van der Waals surface area contributed by atoms with E-state index in [4.69, 9.17) is 5.11 Å². The molecule has 1 saturated heterocycles. The average molecular weight is 327 g/mol. The molecule has 0 aromatic heterocycles. The molecular formula is C16H23ClN2O3. The topological polar surface area (TPSA) is 69.6 Å². The summed E-state index contributed by atoms with van der Waals surface area (Å²) >= 11 is 0. The van der Waals surface area contributed by atoms with Gasteiger partial charge in [0.05, 0.1) is 12.5 Å². The van der Waals surface area contributed by atoms with Crippen LogP contribution in [0.4, 0.5) is 5.69 Å². The molecule has 0 radical (unpaired) electrons. The summed E-state index contributed by atoms with van der Waals surface area (Å²) in [7, 11) is 0. The van der Waals surface area contributed by atoms with Gasteiger partial charge in [0.25, 0.3) is 0 Å². The van der Waals surface area contributed by atoms with Gasteiger partial charge in [-0.25, -0.2) is 0 Å². The highest BCUT2D eigenvalue weighted by molar-refractivity contribution is 5.93. The van der Waals surface area contributed by atoms with Crippen LogP contribution >= 0.6 is 12.4 Å². The van der Waals surface area contributed by atoms with Crippen molar-refractivity contribution in [2.45, 2.75) is 26.7 Å². The van der Waals surface area contributed by atoms with Gasteiger partial charge in [-0.05, 0) is 50.4 Å². The molecule has 1 amide bonds. The Balaban J connectivity index is 0.00000242. The van der Waals surface area contributed by atoms with E-state index in [0.29, 0.717) is 13.0 Å². The molecule has 1 aliphatic heterocycles. The van der Waals surface area contributed by atoms with Crippen molar-refractivity contribution in [3.63, 3.8) is 0 Å². The minimum Gasteiger partial charge on any atom is -0.481 e. The van der Waals surface area contributed by atoms with Crippen LogP contribution in [0.5, 0.6) is 0 Å². The van der Waals surface area contributed by atoms with Crippen LogP contribution in [-0.2, 0) is 9.59 Å². The number of likely N-dealkylation sites (tertiary alicyclic amines) is 1. The SMILES string of the molecule is Cc1ccc(C)c(NC(=O)CN2CCCC(C(=O)O)C2)c1.Cl. The molecule has 2 N–H and O–H groups in total. The molecule has 1 fully saturated rings. The number of nitrogens with one attached hydrogen (secondary N) is 1. The third-order valence-corrected chi connectivity index (χ3v) is 3.89. The van der Waals surface area contributed by atoms with Crippen LogP contribution in [0.15, 0.2) is 18.2 Å². The second kappa shape index (κ2) is 8.15. The van der Waals surface area contributed by atoms with E-state index < -0.39 is 5.97 Å². The molecule has 1 aliphatic rings. The van der Waals surface area contributed by atoms with Gasteiger partial charge in [0.15, 0.2) is 0 Å². The Morgan fingerprint density at radius 3 is 2.77 bits per heavy atom. The van der Waals surface area contributed by atoms with E-state index in [1.807, 2.05) is 36.9 Å². The number of amides is 1. The minimum atomic E-state index is -0.769. The van der Waals surface area contributed by atoms with E-state index in [9.17, 15) is 9.59 Å². The van der Waals surface area contributed by atoms with Crippen molar-refractivity contribution >= 4 is 30.0 Å². The van der Waals surface area contributed by atoms with E-state index in [0.717, 1.165) is 29.8 Å². The minimum absolute atomic E-state index is 0. The Bertz CT molecular complexity index is 548. The first kappa shape index (κ1) is 18.5. The Morgan fingerprint density at radius 2 is 2.09 bits per heavy atom. The average Bonchev–Trinajstić information content (AvgIpc) is 2.43. The summed E-state index contributed by atoms with van der Waals surface area (Å²) in [5, 5.41) is 12.0. The number of aliphatic carboxylic acids is 1. The van der Waals surface area contributed by atoms with Crippen LogP contribution in [0, 0.1) is 19.8 Å². The molecule has 0 spiro atoms. The third-order valence-electron chi connectivity index (χ3n) is 3.89. The fraction of sp³-hybridized carbons (Fsp3) is 0.500. The molecule has 0 aliphatic carbocycles. The maximum absolute atomic E-state index is 12.1. The Kier molecular flexibility index (Phi) is 6.84. The number of carbonyl (C=O) groups excluding carboxylic acids is 1. The number of benzene rings is 1. The maximum Gasteiger partial charge on any atom is 0.307 e. The fourth-order valence-electron chi connectivity index (χ4n) is 2.66. The fourth-order valence-corrected chi connectivity index (χ4v) is 2.66. The molecule has 1 unspecified atom stereocenters. The number of carbonyl (C=O) groups is 2. The van der Waals surface area contributed by atoms with Crippen molar-refractivity contribution in [2.75, 3.05) is 25.0 Å². The summed E-state index contributed by atoms with van der Waals surface area (Å²) in [4.78, 5) is 25.1. The lowest BCUT2D eigenvalue weighted by atomic mass is 9.98. The van der Waals surface area contributed by atoms with Crippen molar-refractivity contribution in [1.82, 2.24) is 4.90 Å². The number of hydrogen-bond acceptors (Lipinski definition) is 3. The second-order valence-corrected chi connectivity index (χ2v) is 5.78. The van der Waals surface area contributed by atoms with Crippen molar-refractivity contribution in [3.05, 3.63) is 29.3 Å². The molecule has 1 atom stereocenters. The lowest BCUT2D eigenvalue weighted by molar-refractivity contribution is -0.144. The largest absolute Gasteiger partial charge is 0.481 e. The Hall–Kier alpha value is -1.59. The van der Waals surface area contributed by atoms with Crippen molar-refractivity contribution in [2.24, 2.45) is 5.92 Å². The van der Waals surface area contributed by atoms with Crippen LogP contribution in [0.3, 0.4) is 0 Å². The predicted octanol–water partition coefficient (Wildman–Crippen LogP) is 2.46. The molecule has 5 nitrogen and oxygen atoms in total. The van der Waals surface area contributed by atoms with Crippen LogP contribution < -0.4 is 5.32 Å². The maximum atomic E-state index is 12.1. The van der Waals surface area contributed by atoms with Gasteiger partial charge in [0.1, 0.15) is 0 Å². The van der Waals surface area contributed by atoms with E-state index in [-0.39, 0.29) is 30.8 Å². The number of anilines is 1. The number of aryl methyl sites for hydroxylation is 2. The van der Waals surface area contributed by atoms with Gasteiger partial charge in [-0.2, -0.15) is 0 Å². The lowest BCUT2D eigenvalue weighted by Gasteiger charge is -2.30. The number of carboxylic acids is 1. The predicted molar refractivity (Wildman–Crippen MR) is 88.6 cm³/mol. The second-order valence-electron chi connectivity index (χ2n) is 5.78. The van der Waals surface area contributed by atoms with Crippen LogP contribution in [0.2, 0.25) is 0 Å². The molecule has 0 bridgehead atoms. The Morgan fingerprint density at radius 1 is 1.36 bits per heavy atom. The van der Waals surface area contributed by atoms with Crippen LogP contribution in [0.1, 0.15) is 24.0 Å². The third kappa shape index (κ3) is 5.00. The molecule has 2 rings (SSSR count). The summed E-state index contributed by atoms with van der Waals surface area (Å²) in [6.45, 7) is 5.42. The first-order valence-electron chi connectivity index (χ1n) is 7.28. The van der Waals surface area contributed by atoms with Gasteiger partial charge in [0.2, 0.25) is 5.91 Å². The normalized spacial score (nSPS) is 18.4. The summed E-state index contributed by atoms with van der Waals surface area (Å²) in [6.07, 6.45) is 1.53. The standard InChI is InChI=1S/C16H22N2O3.ClH/c1-11-5-6-12(2)14(8-11)17-15(19)10-18-7-3-4-13(9-18)16(20)21;/h5-6,8,13H,3-4,7,9-10H2,1-2H3,(H,17,19)(H,20,21);1H. The van der Waals surface area contributed by atoms with Crippen LogP contribution in [-0.4, -0.2) is 41.5 Å². The van der Waals surface area contributed by atoms with Crippen molar-refractivity contribution in [1.29, 1.82) is 0 Å². The zero-order chi connectivity index (χ0) is 15.4. The van der Waals surface area contributed by atoms with Gasteiger partial charge in [-0.15, -0.1) is 12.4 Å². The monoisotopic (exact) mass is 326 g/mol. The van der Waals surface area contributed by atoms with E-state index >= 15 is 0 Å². The van der Waals surface area contributed by atoms with Crippen LogP contribution in [0.25, 0.3) is 0 Å². The molecule has 0 saturated carbocycles. The molecule has 22 heavy (non-hydrogen) atoms. The molecular weight excluding hydrogens is 304 g/mol. The number of halogens is 1. The number of nitrogens with zero attached hydrogens (tertiary/aromatic N) is 1. The molecule has 1 aromatic rings. The van der Waals surface area contributed by atoms with Crippen molar-refractivity contribution in [3.8, 4) is 0 Å². The zero-order valence-electron chi connectivity index (χ0n) is 13.0. The summed E-state index contributed by atoms with van der Waals surface area (Å²) in [5.41, 5.74) is 2.95. The molecule has 1 heterocycles. The Labute approximate surface area is 137 Å². The highest BCUT2D eigenvalue weighted by Crippen LogP contribution is 2.18. The van der Waals surface area contributed by atoms with E-state index in [1.165, 1.54) is 0 Å². The summed E-state index contributed by atoms with van der Waals surface area (Å²) in [5.74, 6) is -1.21. The first-order valence-corrected chi connectivity index (χ1v) is 7.28. The van der Waals surface area contributed by atoms with Gasteiger partial charge >= 0.3 is 5.97 Å². The summed E-state index contributed by atoms with van der Waals surface area (Å²) < 4.78 is 0. The number of rotatable bonds is 4. The highest BCUT2D eigenvalue weighted by Gasteiger charge is 2.26. The van der Waals surface area contributed by atoms with Gasteiger partial charge in [0, 0.05) is 12.2 Å². The smallest absolute Gasteiger partial charge is 0.307 e. The number of hydrogen-bond donors (Lipinski definition) is 2. The molecule has 122 valence electrons. The zero-order valence-corrected chi connectivity index (χ0v) is 13.8. The summed E-state index contributed by atoms with van der Waals surface area (Å²) in [6, 6.07) is 5.93. The highest BCUT2D eigenvalue weighted by atomic mass is 35.5. The van der Waals surface area contributed by atoms with Crippen molar-refractivity contribution < 1.29 is 14.7 Å². The van der Waals surface area contributed by atoms with Gasteiger partial charge in [-0.1, -0.05) is 12.1 Å². The van der Waals surface area contributed by atoms with Gasteiger partial charge in [-0.3, -0.25) is 14.5 Å². The molecule has 1 aromatic carbocycles. The van der Waals surface area contributed by atoms with Gasteiger partial charge < -0.3 is 10.4 Å². The lowest BCUT2D eigenvalue weighted by Crippen LogP contribution is -2.42. The first-order chi connectivity index (χ1) is 9.95. The van der Waals surface area contributed by atoms with E-state index in [1.54, 1.807) is 0 Å². The number of carboxylic acid groups (broad SMARTS) is 1. The van der Waals surface area contributed by atoms with E-state index in [2.05, 4.69) is 5.32 Å². The quantitative estimate of drug-likeness (QED) is 0.891. The number of piperidine rings is 1.